The molecule has 0 heterocycles. The molecule has 354 valence electrons. The number of hydrogen-bond donors (Lipinski definition) is 3. The van der Waals surface area contributed by atoms with E-state index in [4.69, 9.17) is 4.74 Å². The first-order valence-corrected chi connectivity index (χ1v) is 26.6. The van der Waals surface area contributed by atoms with Crippen molar-refractivity contribution in [2.45, 2.75) is 296 Å². The topological polar surface area (TPSA) is 95.9 Å². The summed E-state index contributed by atoms with van der Waals surface area (Å²) in [5, 5.41) is 23.1. The zero-order valence-electron chi connectivity index (χ0n) is 40.2. The van der Waals surface area contributed by atoms with Gasteiger partial charge in [0, 0.05) is 12.8 Å². The average molecular weight is 846 g/mol. The standard InChI is InChI=1S/C54H103NO5/c1-3-5-7-9-11-13-15-16-20-24-28-32-36-40-44-48-54(59)60-49-45-41-37-33-29-25-22-19-17-18-21-23-27-31-35-39-43-47-53(58)55-51(50-56)52(57)46-42-38-34-30-26-14-12-10-8-6-4-2/h17,19,25,29,51-52,56-57H,3-16,18,20-24,26-28,30-50H2,1-2H3,(H,55,58)/b19-17-,29-25-. The third kappa shape index (κ3) is 45.9. The lowest BCUT2D eigenvalue weighted by molar-refractivity contribution is -0.143. The Morgan fingerprint density at radius 1 is 0.467 bits per heavy atom. The fraction of sp³-hybridized carbons (Fsp3) is 0.889. The molecule has 60 heavy (non-hydrogen) atoms. The van der Waals surface area contributed by atoms with Crippen molar-refractivity contribution in [3.05, 3.63) is 24.3 Å². The first-order valence-electron chi connectivity index (χ1n) is 26.6. The highest BCUT2D eigenvalue weighted by Gasteiger charge is 2.20. The molecule has 0 bridgehead atoms. The summed E-state index contributed by atoms with van der Waals surface area (Å²) in [5.74, 6) is -0.0650. The Morgan fingerprint density at radius 3 is 1.27 bits per heavy atom. The van der Waals surface area contributed by atoms with Gasteiger partial charge in [0.05, 0.1) is 25.4 Å². The summed E-state index contributed by atoms with van der Waals surface area (Å²) in [6, 6.07) is -0.551. The van der Waals surface area contributed by atoms with Gasteiger partial charge in [0.2, 0.25) is 5.91 Å². The number of amides is 1. The average Bonchev–Trinajstić information content (AvgIpc) is 3.25. The van der Waals surface area contributed by atoms with E-state index >= 15 is 0 Å². The number of aliphatic hydroxyl groups excluding tert-OH is 2. The van der Waals surface area contributed by atoms with Crippen LogP contribution in [0.3, 0.4) is 0 Å². The van der Waals surface area contributed by atoms with Gasteiger partial charge in [0.25, 0.3) is 0 Å². The number of esters is 1. The van der Waals surface area contributed by atoms with Gasteiger partial charge in [0.15, 0.2) is 0 Å². The lowest BCUT2D eigenvalue weighted by Crippen LogP contribution is -2.45. The van der Waals surface area contributed by atoms with Gasteiger partial charge < -0.3 is 20.3 Å². The zero-order chi connectivity index (χ0) is 43.7. The van der Waals surface area contributed by atoms with E-state index in [2.05, 4.69) is 43.5 Å². The van der Waals surface area contributed by atoms with Crippen molar-refractivity contribution in [3.8, 4) is 0 Å². The maximum atomic E-state index is 12.4. The minimum absolute atomic E-state index is 0.0128. The molecule has 0 aliphatic carbocycles. The van der Waals surface area contributed by atoms with Gasteiger partial charge in [-0.3, -0.25) is 9.59 Å². The molecule has 0 radical (unpaired) electrons. The molecule has 0 fully saturated rings. The van der Waals surface area contributed by atoms with Crippen LogP contribution in [0.1, 0.15) is 284 Å². The summed E-state index contributed by atoms with van der Waals surface area (Å²) in [4.78, 5) is 24.4. The van der Waals surface area contributed by atoms with Crippen molar-refractivity contribution < 1.29 is 24.5 Å². The highest BCUT2D eigenvalue weighted by atomic mass is 16.5. The summed E-state index contributed by atoms with van der Waals surface area (Å²) in [6.45, 7) is 4.90. The molecule has 6 nitrogen and oxygen atoms in total. The van der Waals surface area contributed by atoms with Gasteiger partial charge in [-0.1, -0.05) is 231 Å². The van der Waals surface area contributed by atoms with Crippen LogP contribution in [0.15, 0.2) is 24.3 Å². The van der Waals surface area contributed by atoms with Crippen LogP contribution < -0.4 is 5.32 Å². The van der Waals surface area contributed by atoms with Gasteiger partial charge >= 0.3 is 5.97 Å². The maximum absolute atomic E-state index is 12.4. The molecule has 0 rings (SSSR count). The van der Waals surface area contributed by atoms with E-state index in [-0.39, 0.29) is 18.5 Å². The van der Waals surface area contributed by atoms with Gasteiger partial charge in [-0.15, -0.1) is 0 Å². The SMILES string of the molecule is CCCCCCCCCCCCCCCCCC(=O)OCCCCC/C=C\C/C=C\CCCCCCCCCC(=O)NC(CO)C(O)CCCCCCCCCCCCC. The van der Waals surface area contributed by atoms with Crippen molar-refractivity contribution in [2.75, 3.05) is 13.2 Å². The van der Waals surface area contributed by atoms with E-state index in [1.807, 2.05) is 0 Å². The van der Waals surface area contributed by atoms with Gasteiger partial charge in [0.1, 0.15) is 0 Å². The van der Waals surface area contributed by atoms with Gasteiger partial charge in [-0.25, -0.2) is 0 Å². The van der Waals surface area contributed by atoms with Gasteiger partial charge in [-0.05, 0) is 64.2 Å². The molecule has 0 aliphatic rings. The number of aliphatic hydroxyl groups is 2. The molecule has 0 aromatic rings. The minimum atomic E-state index is -0.673. The van der Waals surface area contributed by atoms with Crippen molar-refractivity contribution in [3.63, 3.8) is 0 Å². The van der Waals surface area contributed by atoms with Crippen LogP contribution in [-0.4, -0.2) is 47.4 Å². The van der Waals surface area contributed by atoms with Gasteiger partial charge in [-0.2, -0.15) is 0 Å². The molecule has 0 aromatic carbocycles. The Kier molecular flexibility index (Phi) is 48.6. The molecule has 3 N–H and O–H groups in total. The van der Waals surface area contributed by atoms with E-state index in [1.165, 1.54) is 167 Å². The molecule has 0 saturated heterocycles. The number of rotatable bonds is 49. The number of unbranched alkanes of at least 4 members (excludes halogenated alkanes) is 34. The Bertz CT molecular complexity index is 935. The third-order valence-electron chi connectivity index (χ3n) is 12.3. The quantitative estimate of drug-likeness (QED) is 0.0322. The van der Waals surface area contributed by atoms with E-state index in [9.17, 15) is 19.8 Å². The molecular formula is C54H103NO5. The van der Waals surface area contributed by atoms with Crippen molar-refractivity contribution in [2.24, 2.45) is 0 Å². The van der Waals surface area contributed by atoms with Crippen LogP contribution in [0.5, 0.6) is 0 Å². The van der Waals surface area contributed by atoms with Crippen molar-refractivity contribution >= 4 is 11.9 Å². The second-order valence-corrected chi connectivity index (χ2v) is 18.2. The summed E-state index contributed by atoms with van der Waals surface area (Å²) in [6.07, 6.45) is 58.7. The highest BCUT2D eigenvalue weighted by molar-refractivity contribution is 5.76. The number of nitrogens with one attached hydrogen (secondary N) is 1. The summed E-state index contributed by atoms with van der Waals surface area (Å²) in [5.41, 5.74) is 0. The summed E-state index contributed by atoms with van der Waals surface area (Å²) in [7, 11) is 0. The second kappa shape index (κ2) is 50.0. The van der Waals surface area contributed by atoms with E-state index in [0.29, 0.717) is 25.9 Å². The molecule has 2 unspecified atom stereocenters. The van der Waals surface area contributed by atoms with E-state index < -0.39 is 12.1 Å². The Balaban J connectivity index is 3.48. The predicted molar refractivity (Wildman–Crippen MR) is 260 cm³/mol. The Hall–Kier alpha value is -1.66. The van der Waals surface area contributed by atoms with Crippen LogP contribution in [0.4, 0.5) is 0 Å². The minimum Gasteiger partial charge on any atom is -0.466 e. The van der Waals surface area contributed by atoms with Crippen molar-refractivity contribution in [1.82, 2.24) is 5.32 Å². The molecular weight excluding hydrogens is 743 g/mol. The second-order valence-electron chi connectivity index (χ2n) is 18.2. The number of hydrogen-bond acceptors (Lipinski definition) is 5. The number of allylic oxidation sites excluding steroid dienone is 4. The molecule has 0 saturated carbocycles. The summed E-state index contributed by atoms with van der Waals surface area (Å²) < 4.78 is 5.45. The van der Waals surface area contributed by atoms with Crippen LogP contribution in [-0.2, 0) is 14.3 Å². The molecule has 1 amide bonds. The zero-order valence-corrected chi connectivity index (χ0v) is 40.2. The first kappa shape index (κ1) is 58.3. The lowest BCUT2D eigenvalue weighted by atomic mass is 10.0. The van der Waals surface area contributed by atoms with Crippen molar-refractivity contribution in [1.29, 1.82) is 0 Å². The molecule has 0 spiro atoms. The normalized spacial score (nSPS) is 12.8. The van der Waals surface area contributed by atoms with E-state index in [0.717, 1.165) is 83.5 Å². The fourth-order valence-electron chi connectivity index (χ4n) is 8.14. The largest absolute Gasteiger partial charge is 0.466 e. The Labute approximate surface area is 373 Å². The molecule has 0 aliphatic heterocycles. The molecule has 6 heteroatoms. The number of carbonyl (C=O) groups excluding carboxylic acids is 2. The smallest absolute Gasteiger partial charge is 0.305 e. The maximum Gasteiger partial charge on any atom is 0.305 e. The molecule has 0 aromatic heterocycles. The Morgan fingerprint density at radius 2 is 0.833 bits per heavy atom. The highest BCUT2D eigenvalue weighted by Crippen LogP contribution is 2.16. The monoisotopic (exact) mass is 846 g/mol. The van der Waals surface area contributed by atoms with Crippen LogP contribution in [0, 0.1) is 0 Å². The number of ether oxygens (including phenoxy) is 1. The van der Waals surface area contributed by atoms with Crippen LogP contribution in [0.25, 0.3) is 0 Å². The first-order chi connectivity index (χ1) is 29.5. The third-order valence-corrected chi connectivity index (χ3v) is 12.3. The lowest BCUT2D eigenvalue weighted by Gasteiger charge is -2.22. The summed E-state index contributed by atoms with van der Waals surface area (Å²) >= 11 is 0. The van der Waals surface area contributed by atoms with E-state index in [1.54, 1.807) is 0 Å². The van der Waals surface area contributed by atoms with Crippen LogP contribution in [0.2, 0.25) is 0 Å². The predicted octanol–water partition coefficient (Wildman–Crippen LogP) is 15.9. The fourth-order valence-corrected chi connectivity index (χ4v) is 8.14. The van der Waals surface area contributed by atoms with Crippen LogP contribution >= 0.6 is 0 Å². The molecule has 2 atom stereocenters. The number of carbonyl (C=O) groups is 2.